The van der Waals surface area contributed by atoms with E-state index in [4.69, 9.17) is 0 Å². The SMILES string of the molecule is c1ccc([C@H]2C[C@@H]3CC[C@H]2C3)cc1. The fraction of sp³-hybridized carbons (Fsp3) is 0.538. The molecule has 68 valence electrons. The number of benzene rings is 1. The van der Waals surface area contributed by atoms with Crippen LogP contribution in [0.3, 0.4) is 0 Å². The van der Waals surface area contributed by atoms with Crippen LogP contribution in [0.4, 0.5) is 0 Å². The van der Waals surface area contributed by atoms with Gasteiger partial charge in [0.05, 0.1) is 0 Å². The lowest BCUT2D eigenvalue weighted by Gasteiger charge is -2.21. The summed E-state index contributed by atoms with van der Waals surface area (Å²) in [6, 6.07) is 11.1. The Bertz CT molecular complexity index is 288. The lowest BCUT2D eigenvalue weighted by Crippen LogP contribution is -2.07. The van der Waals surface area contributed by atoms with Crippen LogP contribution < -0.4 is 0 Å². The Kier molecular flexibility index (Phi) is 1.68. The van der Waals surface area contributed by atoms with E-state index in [-0.39, 0.29) is 0 Å². The molecule has 0 N–H and O–H groups in total. The molecule has 0 aliphatic heterocycles. The summed E-state index contributed by atoms with van der Waals surface area (Å²) >= 11 is 0. The average Bonchev–Trinajstić information content (AvgIpc) is 2.80. The van der Waals surface area contributed by atoms with Crippen LogP contribution in [-0.2, 0) is 0 Å². The van der Waals surface area contributed by atoms with Crippen LogP contribution in [0, 0.1) is 11.8 Å². The van der Waals surface area contributed by atoms with Gasteiger partial charge >= 0.3 is 0 Å². The van der Waals surface area contributed by atoms with Crippen molar-refractivity contribution in [3.63, 3.8) is 0 Å². The minimum absolute atomic E-state index is 0.903. The molecule has 0 radical (unpaired) electrons. The van der Waals surface area contributed by atoms with E-state index in [2.05, 4.69) is 30.3 Å². The first-order chi connectivity index (χ1) is 6.43. The van der Waals surface area contributed by atoms with Gasteiger partial charge in [0, 0.05) is 0 Å². The quantitative estimate of drug-likeness (QED) is 0.607. The third-order valence-electron chi connectivity index (χ3n) is 3.97. The van der Waals surface area contributed by atoms with Crippen LogP contribution in [-0.4, -0.2) is 0 Å². The first-order valence-electron chi connectivity index (χ1n) is 5.48. The van der Waals surface area contributed by atoms with E-state index in [9.17, 15) is 0 Å². The standard InChI is InChI=1S/C13H16/c1-2-4-11(5-3-1)13-9-10-6-7-12(13)8-10/h1-5,10,12-13H,6-9H2/t10-,12+,13-/m1/s1. The molecular weight excluding hydrogens is 156 g/mol. The van der Waals surface area contributed by atoms with Crippen molar-refractivity contribution in [2.75, 3.05) is 0 Å². The monoisotopic (exact) mass is 172 g/mol. The number of hydrogen-bond acceptors (Lipinski definition) is 0. The zero-order valence-electron chi connectivity index (χ0n) is 7.95. The zero-order valence-corrected chi connectivity index (χ0v) is 7.95. The maximum absolute atomic E-state index is 2.31. The van der Waals surface area contributed by atoms with Crippen LogP contribution >= 0.6 is 0 Å². The molecule has 0 heteroatoms. The van der Waals surface area contributed by atoms with Crippen LogP contribution in [0.5, 0.6) is 0 Å². The molecule has 0 aromatic heterocycles. The highest BCUT2D eigenvalue weighted by Gasteiger charge is 2.39. The number of rotatable bonds is 1. The first-order valence-corrected chi connectivity index (χ1v) is 5.48. The minimum Gasteiger partial charge on any atom is -0.0622 e. The lowest BCUT2D eigenvalue weighted by atomic mass is 9.84. The third kappa shape index (κ3) is 1.20. The van der Waals surface area contributed by atoms with Gasteiger partial charge in [-0.3, -0.25) is 0 Å². The Labute approximate surface area is 80.0 Å². The van der Waals surface area contributed by atoms with Gasteiger partial charge in [0.2, 0.25) is 0 Å². The Hall–Kier alpha value is -0.780. The van der Waals surface area contributed by atoms with Crippen LogP contribution in [0.1, 0.15) is 37.2 Å². The summed E-state index contributed by atoms with van der Waals surface area (Å²) in [6.45, 7) is 0. The van der Waals surface area contributed by atoms with Crippen LogP contribution in [0.25, 0.3) is 0 Å². The van der Waals surface area contributed by atoms with E-state index in [1.54, 1.807) is 5.56 Å². The molecular formula is C13H16. The smallest absolute Gasteiger partial charge is 0.0131 e. The van der Waals surface area contributed by atoms with Crippen molar-refractivity contribution >= 4 is 0 Å². The van der Waals surface area contributed by atoms with Crippen molar-refractivity contribution in [2.45, 2.75) is 31.6 Å². The van der Waals surface area contributed by atoms with Gasteiger partial charge in [-0.1, -0.05) is 36.8 Å². The predicted octanol–water partition coefficient (Wildman–Crippen LogP) is 3.59. The topological polar surface area (TPSA) is 0 Å². The molecule has 2 aliphatic carbocycles. The molecule has 2 aliphatic rings. The average molecular weight is 172 g/mol. The van der Waals surface area contributed by atoms with Crippen molar-refractivity contribution in [3.8, 4) is 0 Å². The molecule has 2 saturated carbocycles. The molecule has 0 amide bonds. The maximum atomic E-state index is 2.31. The summed E-state index contributed by atoms with van der Waals surface area (Å²) in [5.41, 5.74) is 1.59. The van der Waals surface area contributed by atoms with Crippen LogP contribution in [0.2, 0.25) is 0 Å². The van der Waals surface area contributed by atoms with Crippen molar-refractivity contribution in [1.82, 2.24) is 0 Å². The highest BCUT2D eigenvalue weighted by Crippen LogP contribution is 2.52. The second-order valence-corrected chi connectivity index (χ2v) is 4.69. The molecule has 2 fully saturated rings. The summed E-state index contributed by atoms with van der Waals surface area (Å²) in [4.78, 5) is 0. The Morgan fingerprint density at radius 1 is 0.923 bits per heavy atom. The predicted molar refractivity (Wildman–Crippen MR) is 54.6 cm³/mol. The fourth-order valence-electron chi connectivity index (χ4n) is 3.35. The normalized spacial score (nSPS) is 36.8. The Balaban J connectivity index is 1.87. The molecule has 13 heavy (non-hydrogen) atoms. The van der Waals surface area contributed by atoms with Crippen molar-refractivity contribution in [1.29, 1.82) is 0 Å². The largest absolute Gasteiger partial charge is 0.0622 e. The van der Waals surface area contributed by atoms with Crippen LogP contribution in [0.15, 0.2) is 30.3 Å². The van der Waals surface area contributed by atoms with Gasteiger partial charge in [-0.15, -0.1) is 0 Å². The van der Waals surface area contributed by atoms with E-state index < -0.39 is 0 Å². The molecule has 0 spiro atoms. The van der Waals surface area contributed by atoms with Crippen molar-refractivity contribution < 1.29 is 0 Å². The second-order valence-electron chi connectivity index (χ2n) is 4.69. The van der Waals surface area contributed by atoms with Gasteiger partial charge in [0.1, 0.15) is 0 Å². The summed E-state index contributed by atoms with van der Waals surface area (Å²) in [5.74, 6) is 2.99. The van der Waals surface area contributed by atoms with E-state index >= 15 is 0 Å². The molecule has 3 rings (SSSR count). The number of hydrogen-bond donors (Lipinski definition) is 0. The van der Waals surface area contributed by atoms with E-state index in [0.29, 0.717) is 0 Å². The molecule has 0 unspecified atom stereocenters. The fourth-order valence-corrected chi connectivity index (χ4v) is 3.35. The van der Waals surface area contributed by atoms with E-state index in [1.807, 2.05) is 0 Å². The molecule has 1 aromatic rings. The van der Waals surface area contributed by atoms with Gasteiger partial charge < -0.3 is 0 Å². The van der Waals surface area contributed by atoms with E-state index in [1.165, 1.54) is 25.7 Å². The van der Waals surface area contributed by atoms with Gasteiger partial charge in [0.15, 0.2) is 0 Å². The third-order valence-corrected chi connectivity index (χ3v) is 3.97. The van der Waals surface area contributed by atoms with E-state index in [0.717, 1.165) is 17.8 Å². The number of fused-ring (bicyclic) bond motifs is 2. The Morgan fingerprint density at radius 3 is 2.38 bits per heavy atom. The van der Waals surface area contributed by atoms with Crippen molar-refractivity contribution in [2.24, 2.45) is 11.8 Å². The lowest BCUT2D eigenvalue weighted by molar-refractivity contribution is 0.420. The van der Waals surface area contributed by atoms with Gasteiger partial charge in [-0.25, -0.2) is 0 Å². The molecule has 1 aromatic carbocycles. The maximum Gasteiger partial charge on any atom is -0.0131 e. The van der Waals surface area contributed by atoms with Gasteiger partial charge in [-0.05, 0) is 42.6 Å². The highest BCUT2D eigenvalue weighted by atomic mass is 14.4. The summed E-state index contributed by atoms with van der Waals surface area (Å²) < 4.78 is 0. The molecule has 0 nitrogen and oxygen atoms in total. The first kappa shape index (κ1) is 7.61. The molecule has 3 atom stereocenters. The van der Waals surface area contributed by atoms with Crippen molar-refractivity contribution in [3.05, 3.63) is 35.9 Å². The second kappa shape index (κ2) is 2.87. The van der Waals surface area contributed by atoms with Gasteiger partial charge in [0.25, 0.3) is 0 Å². The highest BCUT2D eigenvalue weighted by molar-refractivity contribution is 5.22. The summed E-state index contributed by atoms with van der Waals surface area (Å²) in [6.07, 6.45) is 5.98. The Morgan fingerprint density at radius 2 is 1.77 bits per heavy atom. The minimum atomic E-state index is 0.903. The van der Waals surface area contributed by atoms with Gasteiger partial charge in [-0.2, -0.15) is 0 Å². The molecule has 2 bridgehead atoms. The molecule has 0 saturated heterocycles. The zero-order chi connectivity index (χ0) is 8.67. The summed E-state index contributed by atoms with van der Waals surface area (Å²) in [7, 11) is 0. The summed E-state index contributed by atoms with van der Waals surface area (Å²) in [5, 5.41) is 0. The molecule has 0 heterocycles.